The van der Waals surface area contributed by atoms with E-state index in [4.69, 9.17) is 0 Å². The van der Waals surface area contributed by atoms with Crippen molar-refractivity contribution in [3.63, 3.8) is 0 Å². The zero-order chi connectivity index (χ0) is 14.4. The SMILES string of the molecule is CCCC(C)Nc1nc(NCC)nc(-n2cncn2)n1. The molecule has 2 N–H and O–H groups in total. The van der Waals surface area contributed by atoms with Crippen LogP contribution < -0.4 is 10.6 Å². The van der Waals surface area contributed by atoms with Gasteiger partial charge in [-0.15, -0.1) is 0 Å². The van der Waals surface area contributed by atoms with E-state index >= 15 is 0 Å². The number of nitrogens with zero attached hydrogens (tertiary/aromatic N) is 6. The molecule has 8 heteroatoms. The molecule has 0 amide bonds. The van der Waals surface area contributed by atoms with Crippen LogP contribution in [0.4, 0.5) is 11.9 Å². The first kappa shape index (κ1) is 14.2. The molecule has 2 heterocycles. The monoisotopic (exact) mass is 276 g/mol. The molecule has 0 aromatic carbocycles. The van der Waals surface area contributed by atoms with Crippen molar-refractivity contribution < 1.29 is 0 Å². The summed E-state index contributed by atoms with van der Waals surface area (Å²) in [7, 11) is 0. The number of hydrogen-bond donors (Lipinski definition) is 2. The number of rotatable bonds is 7. The molecule has 0 radical (unpaired) electrons. The third-order valence-corrected chi connectivity index (χ3v) is 2.68. The molecule has 2 aromatic heterocycles. The Kier molecular flexibility index (Phi) is 4.80. The van der Waals surface area contributed by atoms with E-state index in [0.29, 0.717) is 23.9 Å². The van der Waals surface area contributed by atoms with E-state index in [9.17, 15) is 0 Å². The lowest BCUT2D eigenvalue weighted by Crippen LogP contribution is -2.19. The molecule has 0 aliphatic carbocycles. The summed E-state index contributed by atoms with van der Waals surface area (Å²) in [5.41, 5.74) is 0. The Bertz CT molecular complexity index is 524. The average Bonchev–Trinajstić information content (AvgIpc) is 2.93. The van der Waals surface area contributed by atoms with E-state index in [1.807, 2.05) is 6.92 Å². The predicted octanol–water partition coefficient (Wildman–Crippen LogP) is 1.48. The highest BCUT2D eigenvalue weighted by molar-refractivity contribution is 5.38. The number of hydrogen-bond acceptors (Lipinski definition) is 7. The molecule has 2 rings (SSSR count). The topological polar surface area (TPSA) is 93.4 Å². The first-order chi connectivity index (χ1) is 9.72. The fourth-order valence-electron chi connectivity index (χ4n) is 1.81. The van der Waals surface area contributed by atoms with E-state index in [1.165, 1.54) is 11.0 Å². The van der Waals surface area contributed by atoms with Crippen LogP contribution in [0.3, 0.4) is 0 Å². The maximum Gasteiger partial charge on any atom is 0.258 e. The van der Waals surface area contributed by atoms with Crippen LogP contribution in [0.15, 0.2) is 12.7 Å². The van der Waals surface area contributed by atoms with Gasteiger partial charge >= 0.3 is 0 Å². The van der Waals surface area contributed by atoms with Crippen LogP contribution in [-0.4, -0.2) is 42.3 Å². The minimum Gasteiger partial charge on any atom is -0.354 e. The quantitative estimate of drug-likeness (QED) is 0.791. The Balaban J connectivity index is 2.26. The molecular weight excluding hydrogens is 256 g/mol. The second kappa shape index (κ2) is 6.78. The summed E-state index contributed by atoms with van der Waals surface area (Å²) in [5, 5.41) is 10.4. The Morgan fingerprint density at radius 1 is 1.20 bits per heavy atom. The molecule has 2 aromatic rings. The Hall–Kier alpha value is -2.25. The van der Waals surface area contributed by atoms with Crippen LogP contribution in [0, 0.1) is 0 Å². The lowest BCUT2D eigenvalue weighted by atomic mass is 10.2. The molecule has 0 aliphatic rings. The summed E-state index contributed by atoms with van der Waals surface area (Å²) in [6.07, 6.45) is 5.17. The van der Waals surface area contributed by atoms with E-state index < -0.39 is 0 Å². The van der Waals surface area contributed by atoms with Crippen molar-refractivity contribution in [3.05, 3.63) is 12.7 Å². The Morgan fingerprint density at radius 2 is 2.00 bits per heavy atom. The van der Waals surface area contributed by atoms with Crippen LogP contribution >= 0.6 is 0 Å². The summed E-state index contributed by atoms with van der Waals surface area (Å²) < 4.78 is 1.51. The molecule has 20 heavy (non-hydrogen) atoms. The highest BCUT2D eigenvalue weighted by Gasteiger charge is 2.10. The third-order valence-electron chi connectivity index (χ3n) is 2.68. The van der Waals surface area contributed by atoms with Gasteiger partial charge in [0, 0.05) is 12.6 Å². The highest BCUT2D eigenvalue weighted by atomic mass is 15.4. The molecule has 0 bridgehead atoms. The maximum absolute atomic E-state index is 4.37. The summed E-state index contributed by atoms with van der Waals surface area (Å²) in [6, 6.07) is 0.306. The van der Waals surface area contributed by atoms with Crippen LogP contribution in [0.5, 0.6) is 0 Å². The van der Waals surface area contributed by atoms with Gasteiger partial charge in [0.2, 0.25) is 11.9 Å². The normalized spacial score (nSPS) is 12.2. The third kappa shape index (κ3) is 3.62. The van der Waals surface area contributed by atoms with Crippen molar-refractivity contribution in [2.45, 2.75) is 39.7 Å². The van der Waals surface area contributed by atoms with Crippen LogP contribution in [0.1, 0.15) is 33.6 Å². The van der Waals surface area contributed by atoms with Crippen molar-refractivity contribution in [1.29, 1.82) is 0 Å². The Morgan fingerprint density at radius 3 is 2.65 bits per heavy atom. The summed E-state index contributed by atoms with van der Waals surface area (Å²) >= 11 is 0. The lowest BCUT2D eigenvalue weighted by molar-refractivity contribution is 0.680. The first-order valence-corrected chi connectivity index (χ1v) is 6.84. The summed E-state index contributed by atoms with van der Waals surface area (Å²) in [4.78, 5) is 16.9. The standard InChI is InChI=1S/C12H20N8/c1-4-6-9(3)16-11-17-10(14-5-2)18-12(19-11)20-8-13-7-15-20/h7-9H,4-6H2,1-3H3,(H2,14,16,17,18,19). The second-order valence-corrected chi connectivity index (χ2v) is 4.49. The van der Waals surface area contributed by atoms with Crippen LogP contribution in [0.2, 0.25) is 0 Å². The average molecular weight is 276 g/mol. The van der Waals surface area contributed by atoms with Gasteiger partial charge in [-0.3, -0.25) is 0 Å². The van der Waals surface area contributed by atoms with E-state index in [-0.39, 0.29) is 0 Å². The van der Waals surface area contributed by atoms with Gasteiger partial charge in [-0.25, -0.2) is 4.98 Å². The number of aromatic nitrogens is 6. The van der Waals surface area contributed by atoms with Crippen molar-refractivity contribution in [2.75, 3.05) is 17.2 Å². The predicted molar refractivity (Wildman–Crippen MR) is 76.9 cm³/mol. The zero-order valence-electron chi connectivity index (χ0n) is 12.0. The first-order valence-electron chi connectivity index (χ1n) is 6.84. The van der Waals surface area contributed by atoms with Gasteiger partial charge in [-0.05, 0) is 20.3 Å². The van der Waals surface area contributed by atoms with Crippen LogP contribution in [-0.2, 0) is 0 Å². The zero-order valence-corrected chi connectivity index (χ0v) is 12.0. The van der Waals surface area contributed by atoms with E-state index in [2.05, 4.69) is 49.5 Å². The number of anilines is 2. The van der Waals surface area contributed by atoms with Crippen molar-refractivity contribution >= 4 is 11.9 Å². The lowest BCUT2D eigenvalue weighted by Gasteiger charge is -2.14. The molecule has 1 atom stereocenters. The van der Waals surface area contributed by atoms with Crippen molar-refractivity contribution in [1.82, 2.24) is 29.7 Å². The molecule has 0 spiro atoms. The summed E-state index contributed by atoms with van der Waals surface area (Å²) in [6.45, 7) is 6.99. The molecule has 108 valence electrons. The molecule has 0 aliphatic heterocycles. The molecule has 8 nitrogen and oxygen atoms in total. The smallest absolute Gasteiger partial charge is 0.258 e. The van der Waals surface area contributed by atoms with Crippen molar-refractivity contribution in [3.8, 4) is 5.95 Å². The number of nitrogens with one attached hydrogen (secondary N) is 2. The van der Waals surface area contributed by atoms with E-state index in [0.717, 1.165) is 19.4 Å². The minimum absolute atomic E-state index is 0.306. The van der Waals surface area contributed by atoms with Gasteiger partial charge in [0.25, 0.3) is 5.95 Å². The largest absolute Gasteiger partial charge is 0.354 e. The summed E-state index contributed by atoms with van der Waals surface area (Å²) in [5.74, 6) is 1.52. The molecule has 0 saturated carbocycles. The van der Waals surface area contributed by atoms with Crippen molar-refractivity contribution in [2.24, 2.45) is 0 Å². The van der Waals surface area contributed by atoms with Gasteiger partial charge in [0.05, 0.1) is 0 Å². The second-order valence-electron chi connectivity index (χ2n) is 4.49. The fourth-order valence-corrected chi connectivity index (χ4v) is 1.81. The van der Waals surface area contributed by atoms with Crippen LogP contribution in [0.25, 0.3) is 5.95 Å². The molecule has 1 unspecified atom stereocenters. The fraction of sp³-hybridized carbons (Fsp3) is 0.583. The minimum atomic E-state index is 0.306. The highest BCUT2D eigenvalue weighted by Crippen LogP contribution is 2.10. The van der Waals surface area contributed by atoms with Gasteiger partial charge in [-0.2, -0.15) is 24.7 Å². The van der Waals surface area contributed by atoms with Gasteiger partial charge in [-0.1, -0.05) is 13.3 Å². The molecule has 0 saturated heterocycles. The Labute approximate surface area is 118 Å². The molecule has 0 fully saturated rings. The molecular formula is C12H20N8. The van der Waals surface area contributed by atoms with Gasteiger partial charge < -0.3 is 10.6 Å². The van der Waals surface area contributed by atoms with E-state index in [1.54, 1.807) is 6.33 Å². The van der Waals surface area contributed by atoms with Gasteiger partial charge in [0.1, 0.15) is 12.7 Å². The maximum atomic E-state index is 4.37. The van der Waals surface area contributed by atoms with Gasteiger partial charge in [0.15, 0.2) is 0 Å².